The van der Waals surface area contributed by atoms with Crippen molar-refractivity contribution in [2.75, 3.05) is 20.3 Å². The predicted octanol–water partition coefficient (Wildman–Crippen LogP) is 1.91. The Morgan fingerprint density at radius 3 is 2.88 bits per heavy atom. The second-order valence-corrected chi connectivity index (χ2v) is 3.12. The second kappa shape index (κ2) is 4.18. The zero-order chi connectivity index (χ0) is 11.5. The molecule has 6 nitrogen and oxygen atoms in total. The Morgan fingerprint density at radius 1 is 1.44 bits per heavy atom. The third-order valence-electron chi connectivity index (χ3n) is 2.16. The van der Waals surface area contributed by atoms with Crippen LogP contribution < -0.4 is 9.47 Å². The molecule has 0 saturated heterocycles. The number of hydrogen-bond acceptors (Lipinski definition) is 6. The smallest absolute Gasteiger partial charge is 0.341 e. The summed E-state index contributed by atoms with van der Waals surface area (Å²) in [6, 6.07) is 2.99. The molecule has 0 fully saturated rings. The van der Waals surface area contributed by atoms with Crippen LogP contribution in [0, 0.1) is 5.53 Å². The minimum Gasteiger partial charge on any atom is -0.486 e. The molecule has 84 valence electrons. The van der Waals surface area contributed by atoms with Gasteiger partial charge in [0.25, 0.3) is 0 Å². The molecule has 0 unspecified atom stereocenters. The third-order valence-corrected chi connectivity index (χ3v) is 2.16. The zero-order valence-electron chi connectivity index (χ0n) is 8.65. The lowest BCUT2D eigenvalue weighted by molar-refractivity contribution is 0.0590. The number of hydrogen-bond donors (Lipinski definition) is 1. The maximum atomic E-state index is 11.5. The van der Waals surface area contributed by atoms with Crippen molar-refractivity contribution < 1.29 is 19.0 Å². The predicted molar refractivity (Wildman–Crippen MR) is 53.6 cm³/mol. The van der Waals surface area contributed by atoms with Gasteiger partial charge < -0.3 is 14.2 Å². The average Bonchev–Trinajstić information content (AvgIpc) is 2.36. The summed E-state index contributed by atoms with van der Waals surface area (Å²) in [5, 5.41) is 3.26. The van der Waals surface area contributed by atoms with Crippen LogP contribution in [0.4, 0.5) is 5.69 Å². The van der Waals surface area contributed by atoms with Crippen LogP contribution >= 0.6 is 0 Å². The molecule has 0 spiro atoms. The van der Waals surface area contributed by atoms with Gasteiger partial charge in [0.2, 0.25) is 0 Å². The quantitative estimate of drug-likeness (QED) is 0.612. The Kier molecular flexibility index (Phi) is 2.72. The summed E-state index contributed by atoms with van der Waals surface area (Å²) in [5.74, 6) is 0.234. The topological polar surface area (TPSA) is 81.0 Å². The van der Waals surface area contributed by atoms with Gasteiger partial charge in [0.1, 0.15) is 18.8 Å². The van der Waals surface area contributed by atoms with Gasteiger partial charge in [0.15, 0.2) is 11.5 Å². The van der Waals surface area contributed by atoms with Gasteiger partial charge in [-0.2, -0.15) is 5.11 Å². The van der Waals surface area contributed by atoms with E-state index in [1.807, 2.05) is 0 Å². The molecule has 1 aromatic rings. The fourth-order valence-electron chi connectivity index (χ4n) is 1.47. The van der Waals surface area contributed by atoms with Crippen molar-refractivity contribution in [1.82, 2.24) is 0 Å². The summed E-state index contributed by atoms with van der Waals surface area (Å²) in [4.78, 5) is 11.5. The number of carbonyl (C=O) groups is 1. The van der Waals surface area contributed by atoms with E-state index < -0.39 is 5.97 Å². The number of methoxy groups -OCH3 is 1. The zero-order valence-corrected chi connectivity index (χ0v) is 8.65. The van der Waals surface area contributed by atoms with Crippen molar-refractivity contribution in [2.24, 2.45) is 5.11 Å². The Hall–Kier alpha value is -2.11. The van der Waals surface area contributed by atoms with Crippen LogP contribution in [0.15, 0.2) is 17.2 Å². The van der Waals surface area contributed by atoms with Crippen molar-refractivity contribution in [1.29, 1.82) is 5.53 Å². The van der Waals surface area contributed by atoms with Crippen molar-refractivity contribution in [3.8, 4) is 11.5 Å². The van der Waals surface area contributed by atoms with Gasteiger partial charge in [-0.3, -0.25) is 0 Å². The molecule has 0 bridgehead atoms. The maximum Gasteiger partial charge on any atom is 0.341 e. The van der Waals surface area contributed by atoms with Crippen LogP contribution in [0.3, 0.4) is 0 Å². The lowest BCUT2D eigenvalue weighted by Gasteiger charge is -2.20. The molecular formula is C10H10N2O4. The van der Waals surface area contributed by atoms with Crippen molar-refractivity contribution >= 4 is 11.7 Å². The molecule has 0 amide bonds. The highest BCUT2D eigenvalue weighted by molar-refractivity contribution is 5.94. The molecule has 1 aliphatic heterocycles. The lowest BCUT2D eigenvalue weighted by Crippen LogP contribution is -2.18. The molecule has 0 atom stereocenters. The first-order valence-electron chi connectivity index (χ1n) is 4.65. The van der Waals surface area contributed by atoms with E-state index in [1.54, 1.807) is 6.07 Å². The van der Waals surface area contributed by atoms with Gasteiger partial charge in [-0.1, -0.05) is 0 Å². The normalized spacial score (nSPS) is 13.1. The molecular weight excluding hydrogens is 212 g/mol. The van der Waals surface area contributed by atoms with Crippen molar-refractivity contribution in [2.45, 2.75) is 0 Å². The SMILES string of the molecule is COC(=O)c1cc(N=N)cc2c1OCCO2. The first-order chi connectivity index (χ1) is 7.76. The number of rotatable bonds is 2. The van der Waals surface area contributed by atoms with E-state index in [-0.39, 0.29) is 5.56 Å². The summed E-state index contributed by atoms with van der Waals surface area (Å²) < 4.78 is 15.3. The molecule has 1 N–H and O–H groups in total. The van der Waals surface area contributed by atoms with Gasteiger partial charge in [0, 0.05) is 6.07 Å². The highest BCUT2D eigenvalue weighted by atomic mass is 16.6. The summed E-state index contributed by atoms with van der Waals surface area (Å²) in [6.07, 6.45) is 0. The molecule has 6 heteroatoms. The number of esters is 1. The number of fused-ring (bicyclic) bond motifs is 1. The van der Waals surface area contributed by atoms with E-state index in [9.17, 15) is 4.79 Å². The van der Waals surface area contributed by atoms with Crippen molar-refractivity contribution in [3.05, 3.63) is 17.7 Å². The lowest BCUT2D eigenvalue weighted by atomic mass is 10.1. The Morgan fingerprint density at radius 2 is 2.19 bits per heavy atom. The molecule has 0 radical (unpaired) electrons. The van der Waals surface area contributed by atoms with Crippen LogP contribution in [0.2, 0.25) is 0 Å². The number of carbonyl (C=O) groups excluding carboxylic acids is 1. The van der Waals surface area contributed by atoms with Gasteiger partial charge >= 0.3 is 5.97 Å². The van der Waals surface area contributed by atoms with E-state index in [0.29, 0.717) is 30.4 Å². The molecule has 0 aromatic heterocycles. The van der Waals surface area contributed by atoms with Crippen LogP contribution in [-0.2, 0) is 4.74 Å². The van der Waals surface area contributed by atoms with Gasteiger partial charge in [-0.15, -0.1) is 0 Å². The van der Waals surface area contributed by atoms with E-state index in [4.69, 9.17) is 15.0 Å². The van der Waals surface area contributed by atoms with Crippen LogP contribution in [0.1, 0.15) is 10.4 Å². The number of benzene rings is 1. The standard InChI is InChI=1S/C10H10N2O4/c1-14-10(13)7-4-6(12-11)5-8-9(7)16-3-2-15-8/h4-5,11H,2-3H2,1H3. The van der Waals surface area contributed by atoms with E-state index >= 15 is 0 Å². The first-order valence-corrected chi connectivity index (χ1v) is 4.65. The molecule has 0 aliphatic carbocycles. The molecule has 2 rings (SSSR count). The Labute approximate surface area is 91.6 Å². The molecule has 0 saturated carbocycles. The Bertz CT molecular complexity index is 445. The maximum absolute atomic E-state index is 11.5. The molecule has 1 aliphatic rings. The van der Waals surface area contributed by atoms with Gasteiger partial charge in [0.05, 0.1) is 12.8 Å². The van der Waals surface area contributed by atoms with E-state index in [1.165, 1.54) is 13.2 Å². The van der Waals surface area contributed by atoms with Gasteiger partial charge in [-0.25, -0.2) is 10.3 Å². The molecule has 1 heterocycles. The van der Waals surface area contributed by atoms with Crippen LogP contribution in [0.5, 0.6) is 11.5 Å². The fourth-order valence-corrected chi connectivity index (χ4v) is 1.47. The van der Waals surface area contributed by atoms with Gasteiger partial charge in [-0.05, 0) is 6.07 Å². The minimum atomic E-state index is -0.535. The summed E-state index contributed by atoms with van der Waals surface area (Å²) in [6.45, 7) is 0.795. The van der Waals surface area contributed by atoms with E-state index in [2.05, 4.69) is 9.85 Å². The monoisotopic (exact) mass is 222 g/mol. The second-order valence-electron chi connectivity index (χ2n) is 3.12. The molecule has 16 heavy (non-hydrogen) atoms. The molecule has 1 aromatic carbocycles. The average molecular weight is 222 g/mol. The third kappa shape index (κ3) is 1.69. The van der Waals surface area contributed by atoms with Crippen LogP contribution in [-0.4, -0.2) is 26.3 Å². The van der Waals surface area contributed by atoms with E-state index in [0.717, 1.165) is 0 Å². The summed E-state index contributed by atoms with van der Waals surface area (Å²) in [5.41, 5.74) is 7.48. The Balaban J connectivity index is 2.56. The highest BCUT2D eigenvalue weighted by Crippen LogP contribution is 2.38. The largest absolute Gasteiger partial charge is 0.486 e. The summed E-state index contributed by atoms with van der Waals surface area (Å²) >= 11 is 0. The minimum absolute atomic E-state index is 0.228. The highest BCUT2D eigenvalue weighted by Gasteiger charge is 2.22. The first kappa shape index (κ1) is 10.4. The summed E-state index contributed by atoms with van der Waals surface area (Å²) in [7, 11) is 1.28. The van der Waals surface area contributed by atoms with Crippen LogP contribution in [0.25, 0.3) is 0 Å². The van der Waals surface area contributed by atoms with Crippen molar-refractivity contribution in [3.63, 3.8) is 0 Å². The number of nitrogens with zero attached hydrogens (tertiary/aromatic N) is 1. The number of nitrogens with one attached hydrogen (secondary N) is 1. The fraction of sp³-hybridized carbons (Fsp3) is 0.300. The number of ether oxygens (including phenoxy) is 3.